The van der Waals surface area contributed by atoms with Gasteiger partial charge in [-0.25, -0.2) is 0 Å². The average Bonchev–Trinajstić information content (AvgIpc) is 3.26. The van der Waals surface area contributed by atoms with Crippen LogP contribution in [0.3, 0.4) is 0 Å². The van der Waals surface area contributed by atoms with Gasteiger partial charge in [0.05, 0.1) is 7.11 Å². The van der Waals surface area contributed by atoms with E-state index in [9.17, 15) is 0 Å². The maximum Gasteiger partial charge on any atom is 0.119 e. The summed E-state index contributed by atoms with van der Waals surface area (Å²) in [6.07, 6.45) is 3.77. The predicted octanol–water partition coefficient (Wildman–Crippen LogP) is 2.64. The van der Waals surface area contributed by atoms with Gasteiger partial charge in [0.1, 0.15) is 5.75 Å². The molecule has 19 heavy (non-hydrogen) atoms. The number of rotatable bonds is 7. The summed E-state index contributed by atoms with van der Waals surface area (Å²) in [4.78, 5) is 2.44. The quantitative estimate of drug-likeness (QED) is 0.821. The zero-order valence-corrected chi connectivity index (χ0v) is 12.4. The van der Waals surface area contributed by atoms with E-state index in [-0.39, 0.29) is 5.54 Å². The van der Waals surface area contributed by atoms with Crippen molar-refractivity contribution in [3.05, 3.63) is 29.8 Å². The Morgan fingerprint density at radius 3 is 2.68 bits per heavy atom. The molecular weight excluding hydrogens is 236 g/mol. The van der Waals surface area contributed by atoms with Crippen molar-refractivity contribution in [3.8, 4) is 5.75 Å². The molecule has 2 rings (SSSR count). The molecule has 1 aromatic carbocycles. The van der Waals surface area contributed by atoms with Crippen molar-refractivity contribution in [1.82, 2.24) is 4.90 Å². The number of hydrogen-bond acceptors (Lipinski definition) is 3. The molecule has 1 saturated carbocycles. The van der Waals surface area contributed by atoms with Crippen molar-refractivity contribution >= 4 is 0 Å². The molecule has 0 spiro atoms. The number of ether oxygens (including phenoxy) is 1. The first-order chi connectivity index (χ1) is 9.16. The molecule has 1 aliphatic rings. The van der Waals surface area contributed by atoms with Gasteiger partial charge in [-0.05, 0) is 49.9 Å². The highest BCUT2D eigenvalue weighted by atomic mass is 16.5. The molecule has 1 unspecified atom stereocenters. The third-order valence-electron chi connectivity index (χ3n) is 4.62. The Hall–Kier alpha value is -1.06. The highest BCUT2D eigenvalue weighted by Gasteiger charge is 2.45. The van der Waals surface area contributed by atoms with E-state index in [0.717, 1.165) is 31.2 Å². The lowest BCUT2D eigenvalue weighted by atomic mass is 9.88. The highest BCUT2D eigenvalue weighted by molar-refractivity contribution is 5.28. The summed E-state index contributed by atoms with van der Waals surface area (Å²) < 4.78 is 5.29. The second-order valence-corrected chi connectivity index (χ2v) is 5.64. The molecule has 0 bridgehead atoms. The van der Waals surface area contributed by atoms with Crippen LogP contribution in [0.4, 0.5) is 0 Å². The van der Waals surface area contributed by atoms with Gasteiger partial charge < -0.3 is 10.5 Å². The van der Waals surface area contributed by atoms with Gasteiger partial charge in [0.25, 0.3) is 0 Å². The number of nitrogens with zero attached hydrogens (tertiary/aromatic N) is 1. The molecule has 0 saturated heterocycles. The summed E-state index contributed by atoms with van der Waals surface area (Å²) in [6, 6.07) is 8.30. The van der Waals surface area contributed by atoms with Crippen molar-refractivity contribution in [3.63, 3.8) is 0 Å². The summed E-state index contributed by atoms with van der Waals surface area (Å²) in [7, 11) is 3.91. The molecule has 2 N–H and O–H groups in total. The topological polar surface area (TPSA) is 38.5 Å². The Morgan fingerprint density at radius 2 is 2.16 bits per heavy atom. The van der Waals surface area contributed by atoms with E-state index in [2.05, 4.69) is 37.1 Å². The van der Waals surface area contributed by atoms with Crippen molar-refractivity contribution < 1.29 is 4.74 Å². The third-order valence-corrected chi connectivity index (χ3v) is 4.62. The molecule has 0 heterocycles. The molecule has 3 heteroatoms. The van der Waals surface area contributed by atoms with Crippen LogP contribution in [0.5, 0.6) is 5.75 Å². The fourth-order valence-electron chi connectivity index (χ4n) is 3.16. The second-order valence-electron chi connectivity index (χ2n) is 5.64. The van der Waals surface area contributed by atoms with Gasteiger partial charge in [-0.1, -0.05) is 19.1 Å². The SMILES string of the molecule is CCC(CN)(C1CC1)N(C)Cc1cccc(OC)c1. The molecule has 0 aliphatic heterocycles. The number of benzene rings is 1. The minimum Gasteiger partial charge on any atom is -0.497 e. The molecule has 0 radical (unpaired) electrons. The van der Waals surface area contributed by atoms with Crippen LogP contribution in [0.15, 0.2) is 24.3 Å². The normalized spacial score (nSPS) is 18.4. The van der Waals surface area contributed by atoms with Gasteiger partial charge in [0.15, 0.2) is 0 Å². The van der Waals surface area contributed by atoms with E-state index in [1.54, 1.807) is 7.11 Å². The van der Waals surface area contributed by atoms with Gasteiger partial charge in [0.2, 0.25) is 0 Å². The van der Waals surface area contributed by atoms with Gasteiger partial charge >= 0.3 is 0 Å². The lowest BCUT2D eigenvalue weighted by Crippen LogP contribution is -2.53. The molecule has 1 aliphatic carbocycles. The van der Waals surface area contributed by atoms with Crippen LogP contribution in [0.1, 0.15) is 31.7 Å². The number of hydrogen-bond donors (Lipinski definition) is 1. The first-order valence-corrected chi connectivity index (χ1v) is 7.20. The van der Waals surface area contributed by atoms with E-state index < -0.39 is 0 Å². The van der Waals surface area contributed by atoms with Crippen molar-refractivity contribution in [2.45, 2.75) is 38.3 Å². The van der Waals surface area contributed by atoms with Gasteiger partial charge in [-0.2, -0.15) is 0 Å². The molecule has 3 nitrogen and oxygen atoms in total. The maximum atomic E-state index is 6.10. The Kier molecular flexibility index (Phi) is 4.48. The Balaban J connectivity index is 2.11. The predicted molar refractivity (Wildman–Crippen MR) is 79.3 cm³/mol. The second kappa shape index (κ2) is 5.93. The van der Waals surface area contributed by atoms with E-state index in [1.165, 1.54) is 18.4 Å². The Bertz CT molecular complexity index is 411. The standard InChI is InChI=1S/C16H26N2O/c1-4-16(12-17,14-8-9-14)18(2)11-13-6-5-7-15(10-13)19-3/h5-7,10,14H,4,8-9,11-12,17H2,1-3H3. The fourth-order valence-corrected chi connectivity index (χ4v) is 3.16. The minimum atomic E-state index is 0.170. The van der Waals surface area contributed by atoms with Crippen LogP contribution >= 0.6 is 0 Å². The lowest BCUT2D eigenvalue weighted by molar-refractivity contribution is 0.0891. The van der Waals surface area contributed by atoms with Crippen molar-refractivity contribution in [2.75, 3.05) is 20.7 Å². The minimum absolute atomic E-state index is 0.170. The van der Waals surface area contributed by atoms with Crippen LogP contribution < -0.4 is 10.5 Å². The van der Waals surface area contributed by atoms with Gasteiger partial charge in [0, 0.05) is 18.6 Å². The summed E-state index contributed by atoms with van der Waals surface area (Å²) in [5.74, 6) is 1.70. The lowest BCUT2D eigenvalue weighted by Gasteiger charge is -2.41. The van der Waals surface area contributed by atoms with Crippen LogP contribution in [-0.4, -0.2) is 31.1 Å². The third kappa shape index (κ3) is 2.93. The van der Waals surface area contributed by atoms with Gasteiger partial charge in [-0.3, -0.25) is 4.90 Å². The van der Waals surface area contributed by atoms with Crippen LogP contribution in [0.25, 0.3) is 0 Å². The van der Waals surface area contributed by atoms with Crippen molar-refractivity contribution in [2.24, 2.45) is 11.7 Å². The molecule has 1 fully saturated rings. The Morgan fingerprint density at radius 1 is 1.42 bits per heavy atom. The van der Waals surface area contributed by atoms with E-state index in [1.807, 2.05) is 6.07 Å². The zero-order valence-electron chi connectivity index (χ0n) is 12.4. The average molecular weight is 262 g/mol. The molecule has 106 valence electrons. The highest BCUT2D eigenvalue weighted by Crippen LogP contribution is 2.44. The van der Waals surface area contributed by atoms with E-state index in [0.29, 0.717) is 0 Å². The first kappa shape index (κ1) is 14.4. The summed E-state index contributed by atoms with van der Waals surface area (Å²) in [6.45, 7) is 3.93. The number of likely N-dealkylation sites (N-methyl/N-ethyl adjacent to an activating group) is 1. The van der Waals surface area contributed by atoms with Crippen LogP contribution in [0, 0.1) is 5.92 Å². The molecular formula is C16H26N2O. The fraction of sp³-hybridized carbons (Fsp3) is 0.625. The smallest absolute Gasteiger partial charge is 0.119 e. The zero-order chi connectivity index (χ0) is 13.9. The number of nitrogens with two attached hydrogens (primary N) is 1. The molecule has 1 aromatic rings. The van der Waals surface area contributed by atoms with Crippen molar-refractivity contribution in [1.29, 1.82) is 0 Å². The number of methoxy groups -OCH3 is 1. The monoisotopic (exact) mass is 262 g/mol. The Labute approximate surface area is 116 Å². The van der Waals surface area contributed by atoms with Gasteiger partial charge in [-0.15, -0.1) is 0 Å². The van der Waals surface area contributed by atoms with Crippen LogP contribution in [0.2, 0.25) is 0 Å². The van der Waals surface area contributed by atoms with Crippen LogP contribution in [-0.2, 0) is 6.54 Å². The van der Waals surface area contributed by atoms with E-state index >= 15 is 0 Å². The largest absolute Gasteiger partial charge is 0.497 e. The molecule has 0 aromatic heterocycles. The summed E-state index contributed by atoms with van der Waals surface area (Å²) in [5, 5.41) is 0. The van der Waals surface area contributed by atoms with E-state index in [4.69, 9.17) is 10.5 Å². The first-order valence-electron chi connectivity index (χ1n) is 7.20. The molecule has 1 atom stereocenters. The maximum absolute atomic E-state index is 6.10. The summed E-state index contributed by atoms with van der Waals surface area (Å²) in [5.41, 5.74) is 7.56. The summed E-state index contributed by atoms with van der Waals surface area (Å²) >= 11 is 0. The molecule has 0 amide bonds.